The van der Waals surface area contributed by atoms with E-state index in [2.05, 4.69) is 5.32 Å². The zero-order chi connectivity index (χ0) is 20.1. The van der Waals surface area contributed by atoms with Gasteiger partial charge in [0.1, 0.15) is 23.9 Å². The van der Waals surface area contributed by atoms with Crippen LogP contribution in [0.25, 0.3) is 0 Å². The molecule has 2 atom stereocenters. The second-order valence-electron chi connectivity index (χ2n) is 6.46. The number of halogens is 2. The molecule has 0 aliphatic heterocycles. The molecule has 0 aromatic heterocycles. The Morgan fingerprint density at radius 3 is 2.26 bits per heavy atom. The third kappa shape index (κ3) is 4.74. The zero-order valence-electron chi connectivity index (χ0n) is 16.2. The van der Waals surface area contributed by atoms with Crippen LogP contribution in [0.5, 0.6) is 11.5 Å². The standard InChI is InChI=1S/C20H24F2N2O3/c1-12-9-17(26-4)18(27-5)10-14(12)11-24(3)13(2)20(25)23-19-15(21)7-6-8-16(19)22/h6-10,13H,11H2,1-5H3,(H,23,25)/p+1/t13-/m0/s1. The molecule has 27 heavy (non-hydrogen) atoms. The Hall–Kier alpha value is -2.67. The molecule has 0 saturated heterocycles. The molecule has 0 bridgehead atoms. The molecule has 2 N–H and O–H groups in total. The lowest BCUT2D eigenvalue weighted by molar-refractivity contribution is -0.907. The molecule has 1 unspecified atom stereocenters. The fourth-order valence-corrected chi connectivity index (χ4v) is 2.74. The normalized spacial score (nSPS) is 13.0. The summed E-state index contributed by atoms with van der Waals surface area (Å²) in [5.41, 5.74) is 1.56. The summed E-state index contributed by atoms with van der Waals surface area (Å²) in [5, 5.41) is 2.35. The smallest absolute Gasteiger partial charge is 0.282 e. The fourth-order valence-electron chi connectivity index (χ4n) is 2.74. The number of anilines is 1. The molecule has 0 aliphatic carbocycles. The Bertz CT molecular complexity index is 807. The van der Waals surface area contributed by atoms with Crippen LogP contribution in [0.1, 0.15) is 18.1 Å². The van der Waals surface area contributed by atoms with Gasteiger partial charge in [-0.2, -0.15) is 0 Å². The number of methoxy groups -OCH3 is 2. The van der Waals surface area contributed by atoms with Crippen LogP contribution in [-0.4, -0.2) is 33.2 Å². The highest BCUT2D eigenvalue weighted by molar-refractivity contribution is 5.93. The molecular formula is C20H25F2N2O3+. The van der Waals surface area contributed by atoms with Gasteiger partial charge in [0.25, 0.3) is 5.91 Å². The Kier molecular flexibility index (Phi) is 6.74. The van der Waals surface area contributed by atoms with E-state index in [0.29, 0.717) is 18.0 Å². The van der Waals surface area contributed by atoms with Gasteiger partial charge in [0, 0.05) is 5.56 Å². The van der Waals surface area contributed by atoms with Gasteiger partial charge < -0.3 is 19.7 Å². The molecule has 0 heterocycles. The number of hydrogen-bond acceptors (Lipinski definition) is 3. The number of rotatable bonds is 7. The Morgan fingerprint density at radius 2 is 1.70 bits per heavy atom. The zero-order valence-corrected chi connectivity index (χ0v) is 16.2. The molecular weight excluding hydrogens is 354 g/mol. The van der Waals surface area contributed by atoms with Gasteiger partial charge in [0.2, 0.25) is 0 Å². The van der Waals surface area contributed by atoms with Gasteiger partial charge in [0.15, 0.2) is 17.5 Å². The third-order valence-corrected chi connectivity index (χ3v) is 4.65. The maximum Gasteiger partial charge on any atom is 0.282 e. The monoisotopic (exact) mass is 379 g/mol. The molecule has 0 aliphatic rings. The van der Waals surface area contributed by atoms with Crippen LogP contribution in [-0.2, 0) is 11.3 Å². The van der Waals surface area contributed by atoms with Gasteiger partial charge in [0.05, 0.1) is 21.3 Å². The number of carbonyl (C=O) groups excluding carboxylic acids is 1. The number of likely N-dealkylation sites (N-methyl/N-ethyl adjacent to an activating group) is 1. The maximum atomic E-state index is 13.7. The van der Waals surface area contributed by atoms with Gasteiger partial charge >= 0.3 is 0 Å². The van der Waals surface area contributed by atoms with Crippen molar-refractivity contribution in [3.63, 3.8) is 0 Å². The van der Waals surface area contributed by atoms with Gasteiger partial charge in [-0.25, -0.2) is 8.78 Å². The topological polar surface area (TPSA) is 52.0 Å². The van der Waals surface area contributed by atoms with E-state index in [1.807, 2.05) is 26.1 Å². The summed E-state index contributed by atoms with van der Waals surface area (Å²) in [4.78, 5) is 13.3. The summed E-state index contributed by atoms with van der Waals surface area (Å²) < 4.78 is 38.1. The van der Waals surface area contributed by atoms with Crippen molar-refractivity contribution in [3.8, 4) is 11.5 Å². The average molecular weight is 379 g/mol. The average Bonchev–Trinajstić information content (AvgIpc) is 2.65. The van der Waals surface area contributed by atoms with Crippen molar-refractivity contribution in [2.45, 2.75) is 26.4 Å². The Labute approximate surface area is 157 Å². The van der Waals surface area contributed by atoms with E-state index in [0.717, 1.165) is 28.2 Å². The fraction of sp³-hybridized carbons (Fsp3) is 0.350. The molecule has 2 rings (SSSR count). The van der Waals surface area contributed by atoms with E-state index in [4.69, 9.17) is 9.47 Å². The quantitative estimate of drug-likeness (QED) is 0.777. The lowest BCUT2D eigenvalue weighted by atomic mass is 10.1. The van der Waals surface area contributed by atoms with Crippen LogP contribution < -0.4 is 19.7 Å². The summed E-state index contributed by atoms with van der Waals surface area (Å²) in [6, 6.07) is 6.68. The summed E-state index contributed by atoms with van der Waals surface area (Å²) >= 11 is 0. The van der Waals surface area contributed by atoms with Crippen LogP contribution >= 0.6 is 0 Å². The second-order valence-corrected chi connectivity index (χ2v) is 6.46. The number of benzene rings is 2. The number of nitrogens with one attached hydrogen (secondary N) is 2. The lowest BCUT2D eigenvalue weighted by Crippen LogP contribution is -3.12. The molecule has 0 fully saturated rings. The molecule has 7 heteroatoms. The van der Waals surface area contributed by atoms with Gasteiger partial charge in [-0.15, -0.1) is 0 Å². The predicted molar refractivity (Wildman–Crippen MR) is 99.3 cm³/mol. The SMILES string of the molecule is COc1cc(C)c(C[NH+](C)[C@@H](C)C(=O)Nc2c(F)cccc2F)cc1OC. The maximum absolute atomic E-state index is 13.7. The van der Waals surface area contributed by atoms with E-state index < -0.39 is 29.3 Å². The van der Waals surface area contributed by atoms with Crippen molar-refractivity contribution >= 4 is 11.6 Å². The first-order valence-corrected chi connectivity index (χ1v) is 8.57. The highest BCUT2D eigenvalue weighted by atomic mass is 19.1. The van der Waals surface area contributed by atoms with Crippen molar-refractivity contribution in [1.82, 2.24) is 0 Å². The number of hydrogen-bond donors (Lipinski definition) is 2. The third-order valence-electron chi connectivity index (χ3n) is 4.65. The van der Waals surface area contributed by atoms with Crippen molar-refractivity contribution in [3.05, 3.63) is 53.1 Å². The lowest BCUT2D eigenvalue weighted by Gasteiger charge is -2.22. The minimum atomic E-state index is -0.802. The predicted octanol–water partition coefficient (Wildman–Crippen LogP) is 2.33. The Morgan fingerprint density at radius 1 is 1.15 bits per heavy atom. The minimum absolute atomic E-state index is 0.426. The van der Waals surface area contributed by atoms with Crippen LogP contribution in [0, 0.1) is 18.6 Å². The molecule has 146 valence electrons. The van der Waals surface area contributed by atoms with E-state index in [1.165, 1.54) is 6.07 Å². The number of aryl methyl sites for hydroxylation is 1. The van der Waals surface area contributed by atoms with E-state index in [-0.39, 0.29) is 0 Å². The van der Waals surface area contributed by atoms with Gasteiger partial charge in [-0.1, -0.05) is 6.07 Å². The number of ether oxygens (including phenoxy) is 2. The number of amides is 1. The molecule has 1 amide bonds. The minimum Gasteiger partial charge on any atom is -0.493 e. The van der Waals surface area contributed by atoms with E-state index >= 15 is 0 Å². The van der Waals surface area contributed by atoms with Crippen LogP contribution in [0.15, 0.2) is 30.3 Å². The highest BCUT2D eigenvalue weighted by Crippen LogP contribution is 2.30. The number of carbonyl (C=O) groups is 1. The van der Waals surface area contributed by atoms with Crippen molar-refractivity contribution in [2.75, 3.05) is 26.6 Å². The molecule has 2 aromatic carbocycles. The molecule has 2 aromatic rings. The van der Waals surface area contributed by atoms with Crippen molar-refractivity contribution in [2.24, 2.45) is 0 Å². The summed E-state index contributed by atoms with van der Waals surface area (Å²) in [7, 11) is 4.98. The van der Waals surface area contributed by atoms with Crippen LogP contribution in [0.3, 0.4) is 0 Å². The first-order chi connectivity index (χ1) is 12.8. The highest BCUT2D eigenvalue weighted by Gasteiger charge is 2.25. The van der Waals surface area contributed by atoms with E-state index in [9.17, 15) is 13.6 Å². The number of quaternary nitrogens is 1. The first kappa shape index (κ1) is 20.6. The Balaban J connectivity index is 2.13. The number of para-hydroxylation sites is 1. The van der Waals surface area contributed by atoms with E-state index in [1.54, 1.807) is 21.1 Å². The molecule has 0 radical (unpaired) electrons. The molecule has 0 spiro atoms. The van der Waals surface area contributed by atoms with Gasteiger partial charge in [-0.05, 0) is 43.7 Å². The molecule has 5 nitrogen and oxygen atoms in total. The largest absolute Gasteiger partial charge is 0.493 e. The van der Waals surface area contributed by atoms with Gasteiger partial charge in [-0.3, -0.25) is 4.79 Å². The second kappa shape index (κ2) is 8.81. The summed E-state index contributed by atoms with van der Waals surface area (Å²) in [6.45, 7) is 4.18. The van der Waals surface area contributed by atoms with Crippen LogP contribution in [0.2, 0.25) is 0 Å². The van der Waals surface area contributed by atoms with Crippen molar-refractivity contribution < 1.29 is 27.9 Å². The molecule has 0 saturated carbocycles. The summed E-state index contributed by atoms with van der Waals surface area (Å²) in [5.74, 6) is -0.823. The summed E-state index contributed by atoms with van der Waals surface area (Å²) in [6.07, 6.45) is 0. The first-order valence-electron chi connectivity index (χ1n) is 8.57. The van der Waals surface area contributed by atoms with Crippen molar-refractivity contribution in [1.29, 1.82) is 0 Å². The van der Waals surface area contributed by atoms with Crippen LogP contribution in [0.4, 0.5) is 14.5 Å².